The molecule has 0 fully saturated rings. The summed E-state index contributed by atoms with van der Waals surface area (Å²) in [6.45, 7) is 2.90. The maximum Gasteiger partial charge on any atom is 0.193 e. The van der Waals surface area contributed by atoms with Gasteiger partial charge in [-0.1, -0.05) is 35.5 Å². The van der Waals surface area contributed by atoms with Crippen molar-refractivity contribution in [3.8, 4) is 11.4 Å². The minimum atomic E-state index is 0.720. The Hall–Kier alpha value is -1.08. The van der Waals surface area contributed by atoms with Gasteiger partial charge in [-0.15, -0.1) is 10.2 Å². The fraction of sp³-hybridized carbons (Fsp3) is 0.429. The second-order valence-electron chi connectivity index (χ2n) is 5.36. The summed E-state index contributed by atoms with van der Waals surface area (Å²) in [6, 6.07) is 7.77. The molecule has 0 amide bonds. The van der Waals surface area contributed by atoms with Gasteiger partial charge < -0.3 is 4.90 Å². The van der Waals surface area contributed by atoms with E-state index in [1.54, 1.807) is 11.8 Å². The molecule has 112 valence electrons. The minimum Gasteiger partial charge on any atom is -0.308 e. The molecule has 0 bridgehead atoms. The highest BCUT2D eigenvalue weighted by atomic mass is 35.5. The first-order valence-electron chi connectivity index (χ1n) is 6.82. The molecule has 0 radical (unpaired) electrons. The summed E-state index contributed by atoms with van der Waals surface area (Å²) < 4.78 is 2.16. The van der Waals surface area contributed by atoms with Gasteiger partial charge in [0.05, 0.1) is 12.5 Å². The zero-order valence-corrected chi connectivity index (χ0v) is 13.7. The van der Waals surface area contributed by atoms with Gasteiger partial charge in [-0.2, -0.15) is 0 Å². The molecule has 0 saturated carbocycles. The maximum atomic E-state index is 6.08. The molecule has 0 aliphatic carbocycles. The average molecular weight is 324 g/mol. The van der Waals surface area contributed by atoms with Crippen molar-refractivity contribution in [2.45, 2.75) is 11.8 Å². The first-order chi connectivity index (χ1) is 10.1. The summed E-state index contributed by atoms with van der Waals surface area (Å²) in [5.41, 5.74) is 1.01. The molecule has 0 atom stereocenters. The molecule has 0 unspecified atom stereocenters. The number of rotatable bonds is 4. The fourth-order valence-electron chi connectivity index (χ4n) is 2.23. The Balaban J connectivity index is 1.82. The Morgan fingerprint density at radius 1 is 1.33 bits per heavy atom. The van der Waals surface area contributed by atoms with Crippen molar-refractivity contribution in [1.82, 2.24) is 24.6 Å². The Kier molecular flexibility index (Phi) is 4.49. The SMILES string of the molecule is CN(C)CCN1CSc2nnc(-c3cccc(Cl)c3)n2C1. The number of thioether (sulfide) groups is 1. The van der Waals surface area contributed by atoms with Gasteiger partial charge in [-0.05, 0) is 26.2 Å². The lowest BCUT2D eigenvalue weighted by molar-refractivity contribution is 0.215. The molecule has 2 aromatic rings. The Bertz CT molecular complexity index is 628. The van der Waals surface area contributed by atoms with Crippen LogP contribution in [0.1, 0.15) is 0 Å². The van der Waals surface area contributed by atoms with Crippen molar-refractivity contribution in [3.63, 3.8) is 0 Å². The molecule has 1 aromatic heterocycles. The highest BCUT2D eigenvalue weighted by Crippen LogP contribution is 2.29. The number of hydrogen-bond donors (Lipinski definition) is 0. The van der Waals surface area contributed by atoms with Gasteiger partial charge in [0.25, 0.3) is 0 Å². The van der Waals surface area contributed by atoms with Crippen LogP contribution in [0.25, 0.3) is 11.4 Å². The first kappa shape index (κ1) is 14.8. The van der Waals surface area contributed by atoms with E-state index in [2.05, 4.69) is 38.7 Å². The second-order valence-corrected chi connectivity index (χ2v) is 6.71. The lowest BCUT2D eigenvalue weighted by atomic mass is 10.2. The van der Waals surface area contributed by atoms with E-state index in [1.165, 1.54) is 0 Å². The number of aromatic nitrogens is 3. The van der Waals surface area contributed by atoms with Crippen LogP contribution >= 0.6 is 23.4 Å². The molecular formula is C14H18ClN5S. The number of likely N-dealkylation sites (N-methyl/N-ethyl adjacent to an activating group) is 1. The van der Waals surface area contributed by atoms with Crippen molar-refractivity contribution in [2.24, 2.45) is 0 Å². The van der Waals surface area contributed by atoms with Gasteiger partial charge >= 0.3 is 0 Å². The van der Waals surface area contributed by atoms with E-state index in [4.69, 9.17) is 11.6 Å². The van der Waals surface area contributed by atoms with Crippen LogP contribution in [0.15, 0.2) is 29.4 Å². The van der Waals surface area contributed by atoms with Crippen molar-refractivity contribution in [2.75, 3.05) is 33.1 Å². The fourth-order valence-corrected chi connectivity index (χ4v) is 3.33. The number of nitrogens with zero attached hydrogens (tertiary/aromatic N) is 5. The quantitative estimate of drug-likeness (QED) is 0.864. The lowest BCUT2D eigenvalue weighted by Crippen LogP contribution is -2.35. The Morgan fingerprint density at radius 2 is 2.19 bits per heavy atom. The van der Waals surface area contributed by atoms with Crippen LogP contribution in [0.5, 0.6) is 0 Å². The third kappa shape index (κ3) is 3.40. The second kappa shape index (κ2) is 6.36. The van der Waals surface area contributed by atoms with E-state index in [1.807, 2.05) is 24.3 Å². The molecule has 1 aliphatic rings. The summed E-state index contributed by atoms with van der Waals surface area (Å²) in [6.07, 6.45) is 0. The predicted octanol–water partition coefficient (Wildman–Crippen LogP) is 2.48. The molecule has 0 saturated heterocycles. The van der Waals surface area contributed by atoms with Crippen LogP contribution in [-0.2, 0) is 6.67 Å². The van der Waals surface area contributed by atoms with Gasteiger partial charge in [-0.3, -0.25) is 9.47 Å². The molecule has 5 nitrogen and oxygen atoms in total. The van der Waals surface area contributed by atoms with Gasteiger partial charge in [0.2, 0.25) is 0 Å². The molecule has 1 aromatic carbocycles. The van der Waals surface area contributed by atoms with Crippen molar-refractivity contribution < 1.29 is 0 Å². The molecule has 7 heteroatoms. The first-order valence-corrected chi connectivity index (χ1v) is 8.19. The van der Waals surface area contributed by atoms with E-state index < -0.39 is 0 Å². The molecule has 0 spiro atoms. The third-order valence-electron chi connectivity index (χ3n) is 3.38. The largest absolute Gasteiger partial charge is 0.308 e. The van der Waals surface area contributed by atoms with Crippen molar-refractivity contribution in [3.05, 3.63) is 29.3 Å². The van der Waals surface area contributed by atoms with E-state index in [9.17, 15) is 0 Å². The standard InChI is InChI=1S/C14H18ClN5S/c1-18(2)6-7-19-9-20-13(16-17-14(20)21-10-19)11-4-3-5-12(15)8-11/h3-5,8H,6-7,9-10H2,1-2H3. The summed E-state index contributed by atoms with van der Waals surface area (Å²) in [5, 5.41) is 10.3. The van der Waals surface area contributed by atoms with Crippen LogP contribution in [-0.4, -0.2) is 57.6 Å². The topological polar surface area (TPSA) is 37.2 Å². The van der Waals surface area contributed by atoms with E-state index >= 15 is 0 Å². The highest BCUT2D eigenvalue weighted by molar-refractivity contribution is 7.99. The maximum absolute atomic E-state index is 6.08. The van der Waals surface area contributed by atoms with Crippen LogP contribution in [0.4, 0.5) is 0 Å². The lowest BCUT2D eigenvalue weighted by Gasteiger charge is -2.28. The number of fused-ring (bicyclic) bond motifs is 1. The van der Waals surface area contributed by atoms with Crippen LogP contribution < -0.4 is 0 Å². The Morgan fingerprint density at radius 3 is 2.95 bits per heavy atom. The molecule has 1 aliphatic heterocycles. The summed E-state index contributed by atoms with van der Waals surface area (Å²) >= 11 is 7.81. The monoisotopic (exact) mass is 323 g/mol. The summed E-state index contributed by atoms with van der Waals surface area (Å²) in [7, 11) is 4.19. The average Bonchev–Trinajstić information content (AvgIpc) is 2.88. The minimum absolute atomic E-state index is 0.720. The zero-order valence-electron chi connectivity index (χ0n) is 12.2. The zero-order chi connectivity index (χ0) is 14.8. The third-order valence-corrected chi connectivity index (χ3v) is 4.67. The molecular weight excluding hydrogens is 306 g/mol. The Labute approximate surface area is 133 Å². The van der Waals surface area contributed by atoms with Gasteiger partial charge in [0.15, 0.2) is 11.0 Å². The predicted molar refractivity (Wildman–Crippen MR) is 86.5 cm³/mol. The number of hydrogen-bond acceptors (Lipinski definition) is 5. The number of benzene rings is 1. The summed E-state index contributed by atoms with van der Waals surface area (Å²) in [5.74, 6) is 1.84. The van der Waals surface area contributed by atoms with Gasteiger partial charge in [-0.25, -0.2) is 0 Å². The summed E-state index contributed by atoms with van der Waals surface area (Å²) in [4.78, 5) is 4.60. The normalized spacial score (nSPS) is 15.4. The van der Waals surface area contributed by atoms with Crippen LogP contribution in [0, 0.1) is 0 Å². The molecule has 2 heterocycles. The van der Waals surface area contributed by atoms with Gasteiger partial charge in [0.1, 0.15) is 0 Å². The van der Waals surface area contributed by atoms with E-state index in [0.717, 1.165) is 47.2 Å². The molecule has 0 N–H and O–H groups in total. The van der Waals surface area contributed by atoms with Gasteiger partial charge in [0, 0.05) is 23.7 Å². The molecule has 3 rings (SSSR count). The molecule has 21 heavy (non-hydrogen) atoms. The van der Waals surface area contributed by atoms with Crippen LogP contribution in [0.3, 0.4) is 0 Å². The number of halogens is 1. The van der Waals surface area contributed by atoms with Crippen molar-refractivity contribution >= 4 is 23.4 Å². The smallest absolute Gasteiger partial charge is 0.193 e. The van der Waals surface area contributed by atoms with E-state index in [0.29, 0.717) is 0 Å². The van der Waals surface area contributed by atoms with Crippen molar-refractivity contribution in [1.29, 1.82) is 0 Å². The van der Waals surface area contributed by atoms with Crippen LogP contribution in [0.2, 0.25) is 5.02 Å². The highest BCUT2D eigenvalue weighted by Gasteiger charge is 2.22. The van der Waals surface area contributed by atoms with E-state index in [-0.39, 0.29) is 0 Å².